The highest BCUT2D eigenvalue weighted by Gasteiger charge is 2.36. The molecule has 1 aliphatic rings. The second-order valence-electron chi connectivity index (χ2n) is 6.00. The Morgan fingerprint density at radius 3 is 2.50 bits per heavy atom. The Morgan fingerprint density at radius 2 is 1.92 bits per heavy atom. The van der Waals surface area contributed by atoms with Crippen molar-refractivity contribution in [1.29, 1.82) is 0 Å². The lowest BCUT2D eigenvalue weighted by Gasteiger charge is -2.21. The Kier molecular flexibility index (Phi) is 5.65. The summed E-state index contributed by atoms with van der Waals surface area (Å²) in [7, 11) is -4.63. The molecule has 0 saturated carbocycles. The van der Waals surface area contributed by atoms with Gasteiger partial charge in [-0.15, -0.1) is 0 Å². The Balaban J connectivity index is 2.17. The Morgan fingerprint density at radius 1 is 1.25 bits per heavy atom. The molecule has 0 aliphatic carbocycles. The first-order valence-corrected chi connectivity index (χ1v) is 10.4. The van der Waals surface area contributed by atoms with Gasteiger partial charge in [0.05, 0.1) is 29.9 Å². The molecule has 1 fully saturated rings. The van der Waals surface area contributed by atoms with E-state index < -0.39 is 37.8 Å². The lowest BCUT2D eigenvalue weighted by molar-refractivity contribution is 0.185. The third-order valence-electron chi connectivity index (χ3n) is 3.94. The predicted octanol–water partition coefficient (Wildman–Crippen LogP) is 0.319. The summed E-state index contributed by atoms with van der Waals surface area (Å²) < 4.78 is 71.2. The van der Waals surface area contributed by atoms with Crippen LogP contribution < -0.4 is 4.72 Å². The van der Waals surface area contributed by atoms with Gasteiger partial charge >= 0.3 is 0 Å². The predicted molar refractivity (Wildman–Crippen MR) is 87.0 cm³/mol. The second-order valence-corrected chi connectivity index (χ2v) is 9.94. The van der Waals surface area contributed by atoms with Crippen molar-refractivity contribution in [3.05, 3.63) is 29.6 Å². The normalized spacial score (nSPS) is 22.2. The summed E-state index contributed by atoms with van der Waals surface area (Å²) >= 11 is 0. The van der Waals surface area contributed by atoms with Gasteiger partial charge < -0.3 is 4.74 Å². The number of halogens is 1. The average Bonchev–Trinajstić information content (AvgIpc) is 2.87. The molecule has 0 amide bonds. The molecule has 1 saturated heterocycles. The highest BCUT2D eigenvalue weighted by molar-refractivity contribution is 7.89. The molecule has 2 atom stereocenters. The molecule has 1 aromatic carbocycles. The van der Waals surface area contributed by atoms with Gasteiger partial charge in [0.1, 0.15) is 5.82 Å². The van der Waals surface area contributed by atoms with Crippen LogP contribution >= 0.6 is 0 Å². The summed E-state index contributed by atoms with van der Waals surface area (Å²) in [5.41, 5.74) is 0.341. The Labute approximate surface area is 141 Å². The average molecular weight is 380 g/mol. The van der Waals surface area contributed by atoms with Gasteiger partial charge in [-0.2, -0.15) is 0 Å². The molecule has 1 aliphatic heterocycles. The minimum absolute atomic E-state index is 0.0706. The van der Waals surface area contributed by atoms with Gasteiger partial charge in [0.25, 0.3) is 0 Å². The Hall–Kier alpha value is -1.07. The first-order valence-electron chi connectivity index (χ1n) is 7.29. The molecule has 136 valence electrons. The van der Waals surface area contributed by atoms with E-state index in [-0.39, 0.29) is 23.9 Å². The summed E-state index contributed by atoms with van der Waals surface area (Å²) in [5, 5.41) is 0. The molecule has 0 radical (unpaired) electrons. The standard InChI is InChI=1S/C14H21FN2O5S2/c1-10-4-5-12(6-13(10)15)24(20,21)16-14-8-22-7-11(14)9-23(18,19)17(2)3/h4-6,11,14,16H,7-9H2,1-3H3/t11-,14-/m0/s1. The van der Waals surface area contributed by atoms with Crippen LogP contribution in [-0.4, -0.2) is 60.2 Å². The molecule has 0 spiro atoms. The molecule has 0 aromatic heterocycles. The lowest BCUT2D eigenvalue weighted by atomic mass is 10.1. The van der Waals surface area contributed by atoms with E-state index in [0.29, 0.717) is 5.56 Å². The number of aryl methyl sites for hydroxylation is 1. The van der Waals surface area contributed by atoms with Crippen molar-refractivity contribution in [1.82, 2.24) is 9.03 Å². The largest absolute Gasteiger partial charge is 0.379 e. The lowest BCUT2D eigenvalue weighted by Crippen LogP contribution is -2.43. The fourth-order valence-electron chi connectivity index (χ4n) is 2.32. The number of benzene rings is 1. The van der Waals surface area contributed by atoms with Crippen molar-refractivity contribution >= 4 is 20.0 Å². The molecule has 2 rings (SSSR count). The van der Waals surface area contributed by atoms with Gasteiger partial charge in [-0.05, 0) is 24.6 Å². The zero-order chi connectivity index (χ0) is 18.1. The molecule has 0 unspecified atom stereocenters. The number of hydrogen-bond donors (Lipinski definition) is 1. The van der Waals surface area contributed by atoms with Gasteiger partial charge in [-0.1, -0.05) is 6.07 Å². The molecule has 1 aromatic rings. The number of rotatable bonds is 6. The number of ether oxygens (including phenoxy) is 1. The zero-order valence-electron chi connectivity index (χ0n) is 13.7. The number of hydrogen-bond acceptors (Lipinski definition) is 5. The van der Waals surface area contributed by atoms with Crippen LogP contribution in [0, 0.1) is 18.7 Å². The van der Waals surface area contributed by atoms with Gasteiger partial charge in [0.15, 0.2) is 0 Å². The smallest absolute Gasteiger partial charge is 0.241 e. The van der Waals surface area contributed by atoms with E-state index in [9.17, 15) is 21.2 Å². The monoisotopic (exact) mass is 380 g/mol. The van der Waals surface area contributed by atoms with E-state index in [2.05, 4.69) is 4.72 Å². The van der Waals surface area contributed by atoms with Crippen LogP contribution in [0.1, 0.15) is 5.56 Å². The van der Waals surface area contributed by atoms with Crippen LogP contribution in [0.4, 0.5) is 4.39 Å². The van der Waals surface area contributed by atoms with Gasteiger partial charge in [-0.3, -0.25) is 0 Å². The second kappa shape index (κ2) is 7.04. The van der Waals surface area contributed by atoms with Gasteiger partial charge in [-0.25, -0.2) is 30.3 Å². The zero-order valence-corrected chi connectivity index (χ0v) is 15.3. The third kappa shape index (κ3) is 4.31. The third-order valence-corrected chi connectivity index (χ3v) is 7.39. The van der Waals surface area contributed by atoms with Crippen LogP contribution in [-0.2, 0) is 24.8 Å². The van der Waals surface area contributed by atoms with Crippen LogP contribution in [0.15, 0.2) is 23.1 Å². The van der Waals surface area contributed by atoms with E-state index in [0.717, 1.165) is 10.4 Å². The molecule has 10 heteroatoms. The number of sulfonamides is 2. The molecular weight excluding hydrogens is 359 g/mol. The van der Waals surface area contributed by atoms with Crippen molar-refractivity contribution in [2.45, 2.75) is 17.9 Å². The minimum atomic E-state index is -3.97. The first kappa shape index (κ1) is 19.3. The summed E-state index contributed by atoms with van der Waals surface area (Å²) in [4.78, 5) is -0.202. The minimum Gasteiger partial charge on any atom is -0.379 e. The van der Waals surface area contributed by atoms with Crippen molar-refractivity contribution in [2.24, 2.45) is 5.92 Å². The van der Waals surface area contributed by atoms with Crippen molar-refractivity contribution in [2.75, 3.05) is 33.1 Å². The van der Waals surface area contributed by atoms with Crippen LogP contribution in [0.3, 0.4) is 0 Å². The molecule has 1 heterocycles. The number of nitrogens with zero attached hydrogens (tertiary/aromatic N) is 1. The highest BCUT2D eigenvalue weighted by atomic mass is 32.2. The van der Waals surface area contributed by atoms with E-state index in [4.69, 9.17) is 4.74 Å². The van der Waals surface area contributed by atoms with Gasteiger partial charge in [0.2, 0.25) is 20.0 Å². The van der Waals surface area contributed by atoms with Crippen molar-refractivity contribution in [3.8, 4) is 0 Å². The van der Waals surface area contributed by atoms with Crippen LogP contribution in [0.5, 0.6) is 0 Å². The number of nitrogens with one attached hydrogen (secondary N) is 1. The quantitative estimate of drug-likeness (QED) is 0.767. The highest BCUT2D eigenvalue weighted by Crippen LogP contribution is 2.21. The molecule has 24 heavy (non-hydrogen) atoms. The molecule has 1 N–H and O–H groups in total. The fourth-order valence-corrected chi connectivity index (χ4v) is 4.79. The maximum atomic E-state index is 13.6. The summed E-state index contributed by atoms with van der Waals surface area (Å²) in [6.07, 6.45) is 0. The van der Waals surface area contributed by atoms with E-state index in [1.54, 1.807) is 0 Å². The molecule has 7 nitrogen and oxygen atoms in total. The van der Waals surface area contributed by atoms with E-state index >= 15 is 0 Å². The molecule has 0 bridgehead atoms. The maximum absolute atomic E-state index is 13.6. The SMILES string of the molecule is Cc1ccc(S(=O)(=O)N[C@H]2COC[C@H]2CS(=O)(=O)N(C)C)cc1F. The Bertz CT molecular complexity index is 808. The van der Waals surface area contributed by atoms with Crippen LogP contribution in [0.25, 0.3) is 0 Å². The van der Waals surface area contributed by atoms with Gasteiger partial charge in [0, 0.05) is 20.0 Å². The maximum Gasteiger partial charge on any atom is 0.241 e. The summed E-state index contributed by atoms with van der Waals surface area (Å²) in [6.45, 7) is 1.75. The van der Waals surface area contributed by atoms with Crippen molar-refractivity contribution < 1.29 is 26.0 Å². The van der Waals surface area contributed by atoms with E-state index in [1.165, 1.54) is 33.2 Å². The fraction of sp³-hybridized carbons (Fsp3) is 0.571. The van der Waals surface area contributed by atoms with Crippen molar-refractivity contribution in [3.63, 3.8) is 0 Å². The van der Waals surface area contributed by atoms with Crippen LogP contribution in [0.2, 0.25) is 0 Å². The molecular formula is C14H21FN2O5S2. The topological polar surface area (TPSA) is 92.8 Å². The summed E-state index contributed by atoms with van der Waals surface area (Å²) in [5.74, 6) is -1.36. The summed E-state index contributed by atoms with van der Waals surface area (Å²) in [6, 6.07) is 2.94. The first-order chi connectivity index (χ1) is 11.0. The van der Waals surface area contributed by atoms with E-state index in [1.807, 2.05) is 0 Å².